The van der Waals surface area contributed by atoms with Crippen LogP contribution in [0.15, 0.2) is 53.4 Å². The Kier molecular flexibility index (Phi) is 4.95. The second-order valence-corrected chi connectivity index (χ2v) is 6.86. The quantitative estimate of drug-likeness (QED) is 0.920. The third-order valence-corrected chi connectivity index (χ3v) is 4.62. The van der Waals surface area contributed by atoms with Crippen LogP contribution in [0, 0.1) is 5.82 Å². The Labute approximate surface area is 130 Å². The molecule has 2 aromatic rings. The van der Waals surface area contributed by atoms with Gasteiger partial charge in [0.05, 0.1) is 4.90 Å². The summed E-state index contributed by atoms with van der Waals surface area (Å²) in [6, 6.07) is 13.0. The van der Waals surface area contributed by atoms with Gasteiger partial charge in [0.1, 0.15) is 5.82 Å². The highest BCUT2D eigenvalue weighted by molar-refractivity contribution is 7.89. The van der Waals surface area contributed by atoms with E-state index in [0.717, 1.165) is 5.56 Å². The zero-order chi connectivity index (χ0) is 16.3. The number of nitrogens with zero attached hydrogens (tertiary/aromatic N) is 1. The number of sulfonamides is 1. The SMILES string of the molecule is CC(c1cccc(S(N)(=O)=O)c1)N(C)Cc1ccccc1F. The van der Waals surface area contributed by atoms with Crippen molar-refractivity contribution in [2.45, 2.75) is 24.4 Å². The highest BCUT2D eigenvalue weighted by atomic mass is 32.2. The van der Waals surface area contributed by atoms with Crippen molar-refractivity contribution >= 4 is 10.0 Å². The number of primary sulfonamides is 1. The first-order valence-electron chi connectivity index (χ1n) is 6.85. The average molecular weight is 322 g/mol. The third kappa shape index (κ3) is 3.91. The Hall–Kier alpha value is -1.76. The molecule has 0 heterocycles. The molecular weight excluding hydrogens is 303 g/mol. The molecule has 0 radical (unpaired) electrons. The van der Waals surface area contributed by atoms with Crippen molar-refractivity contribution in [1.82, 2.24) is 4.90 Å². The highest BCUT2D eigenvalue weighted by Crippen LogP contribution is 2.23. The number of hydrogen-bond acceptors (Lipinski definition) is 3. The van der Waals surface area contributed by atoms with E-state index in [4.69, 9.17) is 5.14 Å². The fourth-order valence-corrected chi connectivity index (χ4v) is 2.81. The Balaban J connectivity index is 2.21. The van der Waals surface area contributed by atoms with Crippen molar-refractivity contribution in [3.05, 3.63) is 65.5 Å². The summed E-state index contributed by atoms with van der Waals surface area (Å²) in [5.41, 5.74) is 1.41. The number of halogens is 1. The van der Waals surface area contributed by atoms with Crippen LogP contribution < -0.4 is 5.14 Å². The summed E-state index contributed by atoms with van der Waals surface area (Å²) >= 11 is 0. The highest BCUT2D eigenvalue weighted by Gasteiger charge is 2.16. The molecule has 2 rings (SSSR count). The molecule has 0 aliphatic heterocycles. The normalized spacial score (nSPS) is 13.3. The van der Waals surface area contributed by atoms with Crippen molar-refractivity contribution < 1.29 is 12.8 Å². The Morgan fingerprint density at radius 3 is 2.50 bits per heavy atom. The molecule has 0 aliphatic rings. The molecule has 22 heavy (non-hydrogen) atoms. The second kappa shape index (κ2) is 6.56. The van der Waals surface area contributed by atoms with Gasteiger partial charge in [-0.1, -0.05) is 30.3 Å². The molecule has 0 fully saturated rings. The number of benzene rings is 2. The predicted molar refractivity (Wildman–Crippen MR) is 84.1 cm³/mol. The summed E-state index contributed by atoms with van der Waals surface area (Å²) in [4.78, 5) is 2.02. The van der Waals surface area contributed by atoms with Crippen LogP contribution >= 0.6 is 0 Å². The van der Waals surface area contributed by atoms with Crippen LogP contribution in [0.5, 0.6) is 0 Å². The van der Waals surface area contributed by atoms with Crippen LogP contribution in [0.3, 0.4) is 0 Å². The summed E-state index contributed by atoms with van der Waals surface area (Å²) in [6.07, 6.45) is 0. The number of nitrogens with two attached hydrogens (primary N) is 1. The molecule has 2 aromatic carbocycles. The smallest absolute Gasteiger partial charge is 0.238 e. The standard InChI is InChI=1S/C16H19FN2O2S/c1-12(13-7-5-8-15(10-13)22(18,20)21)19(2)11-14-6-3-4-9-16(14)17/h3-10,12H,11H2,1-2H3,(H2,18,20,21). The molecule has 0 saturated carbocycles. The van der Waals surface area contributed by atoms with Crippen molar-refractivity contribution in [3.8, 4) is 0 Å². The van der Waals surface area contributed by atoms with Gasteiger partial charge in [-0.2, -0.15) is 0 Å². The Morgan fingerprint density at radius 1 is 1.18 bits per heavy atom. The van der Waals surface area contributed by atoms with E-state index in [0.29, 0.717) is 12.1 Å². The molecule has 0 saturated heterocycles. The van der Waals surface area contributed by atoms with Crippen molar-refractivity contribution in [2.24, 2.45) is 5.14 Å². The lowest BCUT2D eigenvalue weighted by Gasteiger charge is -2.25. The molecule has 118 valence electrons. The van der Waals surface area contributed by atoms with E-state index in [-0.39, 0.29) is 16.8 Å². The van der Waals surface area contributed by atoms with Crippen LogP contribution in [0.25, 0.3) is 0 Å². The zero-order valence-corrected chi connectivity index (χ0v) is 13.3. The molecule has 1 atom stereocenters. The second-order valence-electron chi connectivity index (χ2n) is 5.30. The van der Waals surface area contributed by atoms with E-state index < -0.39 is 10.0 Å². The minimum absolute atomic E-state index is 0.0798. The monoisotopic (exact) mass is 322 g/mol. The predicted octanol–water partition coefficient (Wildman–Crippen LogP) is 2.67. The average Bonchev–Trinajstić information content (AvgIpc) is 2.48. The molecular formula is C16H19FN2O2S. The van der Waals surface area contributed by atoms with Gasteiger partial charge in [0.25, 0.3) is 0 Å². The maximum absolute atomic E-state index is 13.7. The first-order chi connectivity index (χ1) is 10.3. The van der Waals surface area contributed by atoms with Crippen molar-refractivity contribution in [1.29, 1.82) is 0 Å². The van der Waals surface area contributed by atoms with E-state index in [2.05, 4.69) is 0 Å². The fraction of sp³-hybridized carbons (Fsp3) is 0.250. The van der Waals surface area contributed by atoms with E-state index in [1.165, 1.54) is 12.1 Å². The molecule has 2 N–H and O–H groups in total. The lowest BCUT2D eigenvalue weighted by Crippen LogP contribution is -2.23. The zero-order valence-electron chi connectivity index (χ0n) is 12.5. The van der Waals surface area contributed by atoms with Gasteiger partial charge in [-0.15, -0.1) is 0 Å². The van der Waals surface area contributed by atoms with Crippen LogP contribution in [-0.2, 0) is 16.6 Å². The van der Waals surface area contributed by atoms with E-state index in [1.54, 1.807) is 30.3 Å². The van der Waals surface area contributed by atoms with Gasteiger partial charge < -0.3 is 0 Å². The van der Waals surface area contributed by atoms with Crippen LogP contribution in [0.2, 0.25) is 0 Å². The molecule has 1 unspecified atom stereocenters. The van der Waals surface area contributed by atoms with Gasteiger partial charge in [-0.25, -0.2) is 17.9 Å². The molecule has 4 nitrogen and oxygen atoms in total. The van der Waals surface area contributed by atoms with Gasteiger partial charge in [-0.3, -0.25) is 4.90 Å². The molecule has 0 bridgehead atoms. The summed E-state index contributed by atoms with van der Waals surface area (Å²) in [5, 5.41) is 5.15. The van der Waals surface area contributed by atoms with Gasteiger partial charge >= 0.3 is 0 Å². The largest absolute Gasteiger partial charge is 0.295 e. The van der Waals surface area contributed by atoms with E-state index >= 15 is 0 Å². The molecule has 6 heteroatoms. The van der Waals surface area contributed by atoms with Crippen LogP contribution in [0.1, 0.15) is 24.1 Å². The summed E-state index contributed by atoms with van der Waals surface area (Å²) < 4.78 is 36.6. The maximum Gasteiger partial charge on any atom is 0.238 e. The topological polar surface area (TPSA) is 63.4 Å². The lowest BCUT2D eigenvalue weighted by molar-refractivity contribution is 0.249. The van der Waals surface area contributed by atoms with Crippen LogP contribution in [0.4, 0.5) is 4.39 Å². The Morgan fingerprint density at radius 2 is 1.86 bits per heavy atom. The number of hydrogen-bond donors (Lipinski definition) is 1. The van der Waals surface area contributed by atoms with E-state index in [1.807, 2.05) is 24.9 Å². The summed E-state index contributed by atoms with van der Waals surface area (Å²) in [6.45, 7) is 2.36. The van der Waals surface area contributed by atoms with Crippen molar-refractivity contribution in [2.75, 3.05) is 7.05 Å². The number of rotatable bonds is 5. The lowest BCUT2D eigenvalue weighted by atomic mass is 10.1. The minimum atomic E-state index is -3.73. The summed E-state index contributed by atoms with van der Waals surface area (Å²) in [7, 11) is -1.87. The van der Waals surface area contributed by atoms with Gasteiger partial charge in [0.15, 0.2) is 0 Å². The fourth-order valence-electron chi connectivity index (χ4n) is 2.24. The molecule has 0 aliphatic carbocycles. The molecule has 0 amide bonds. The maximum atomic E-state index is 13.7. The minimum Gasteiger partial charge on any atom is -0.295 e. The van der Waals surface area contributed by atoms with E-state index in [9.17, 15) is 12.8 Å². The van der Waals surface area contributed by atoms with Gasteiger partial charge in [0, 0.05) is 18.2 Å². The Bertz CT molecular complexity index is 762. The van der Waals surface area contributed by atoms with Crippen molar-refractivity contribution in [3.63, 3.8) is 0 Å². The first kappa shape index (κ1) is 16.6. The van der Waals surface area contributed by atoms with Crippen LogP contribution in [-0.4, -0.2) is 20.4 Å². The summed E-state index contributed by atoms with van der Waals surface area (Å²) in [5.74, 6) is -0.250. The molecule has 0 aromatic heterocycles. The van der Waals surface area contributed by atoms with Gasteiger partial charge in [0.2, 0.25) is 10.0 Å². The first-order valence-corrected chi connectivity index (χ1v) is 8.40. The molecule has 0 spiro atoms. The third-order valence-electron chi connectivity index (χ3n) is 3.71. The van der Waals surface area contributed by atoms with Gasteiger partial charge in [-0.05, 0) is 37.7 Å².